The summed E-state index contributed by atoms with van der Waals surface area (Å²) >= 11 is 1.34. The predicted molar refractivity (Wildman–Crippen MR) is 81.6 cm³/mol. The SMILES string of the molecule is Cc1ccc(CC(=O)Nc2ncc(C#CCN)s2)cc1. The number of amides is 1. The molecular weight excluding hydrogens is 270 g/mol. The molecule has 0 saturated heterocycles. The Morgan fingerprint density at radius 3 is 2.85 bits per heavy atom. The molecule has 4 nitrogen and oxygen atoms in total. The Labute approximate surface area is 122 Å². The number of aromatic nitrogens is 1. The van der Waals surface area contributed by atoms with Gasteiger partial charge in [-0.05, 0) is 12.5 Å². The van der Waals surface area contributed by atoms with E-state index in [9.17, 15) is 4.79 Å². The first kappa shape index (κ1) is 14.3. The van der Waals surface area contributed by atoms with Gasteiger partial charge < -0.3 is 11.1 Å². The second-order valence-electron chi connectivity index (χ2n) is 4.25. The maximum Gasteiger partial charge on any atom is 0.230 e. The van der Waals surface area contributed by atoms with Crippen molar-refractivity contribution in [3.05, 3.63) is 46.5 Å². The van der Waals surface area contributed by atoms with Gasteiger partial charge in [0.05, 0.1) is 24.0 Å². The van der Waals surface area contributed by atoms with Crippen molar-refractivity contribution in [2.24, 2.45) is 5.73 Å². The molecule has 0 unspecified atom stereocenters. The van der Waals surface area contributed by atoms with Crippen LogP contribution in [0.4, 0.5) is 5.13 Å². The van der Waals surface area contributed by atoms with E-state index in [4.69, 9.17) is 5.73 Å². The monoisotopic (exact) mass is 285 g/mol. The molecule has 3 N–H and O–H groups in total. The summed E-state index contributed by atoms with van der Waals surface area (Å²) in [5.41, 5.74) is 7.46. The minimum absolute atomic E-state index is 0.0819. The number of nitrogens with two attached hydrogens (primary N) is 1. The van der Waals surface area contributed by atoms with Crippen molar-refractivity contribution in [3.63, 3.8) is 0 Å². The quantitative estimate of drug-likeness (QED) is 0.847. The molecule has 2 rings (SSSR count). The molecule has 0 radical (unpaired) electrons. The lowest BCUT2D eigenvalue weighted by atomic mass is 10.1. The van der Waals surface area contributed by atoms with E-state index in [1.807, 2.05) is 31.2 Å². The first-order valence-electron chi connectivity index (χ1n) is 6.17. The van der Waals surface area contributed by atoms with Crippen molar-refractivity contribution in [1.82, 2.24) is 4.98 Å². The Kier molecular flexibility index (Phi) is 4.88. The normalized spacial score (nSPS) is 9.70. The van der Waals surface area contributed by atoms with Crippen LogP contribution in [0, 0.1) is 18.8 Å². The average Bonchev–Trinajstić information content (AvgIpc) is 2.86. The lowest BCUT2D eigenvalue weighted by molar-refractivity contribution is -0.115. The number of hydrogen-bond donors (Lipinski definition) is 2. The number of anilines is 1. The topological polar surface area (TPSA) is 68.0 Å². The van der Waals surface area contributed by atoms with Gasteiger partial charge in [0.2, 0.25) is 5.91 Å². The lowest BCUT2D eigenvalue weighted by Gasteiger charge is -2.02. The molecule has 0 bridgehead atoms. The molecule has 1 aromatic carbocycles. The van der Waals surface area contributed by atoms with Crippen molar-refractivity contribution >= 4 is 22.4 Å². The van der Waals surface area contributed by atoms with Gasteiger partial charge in [0.1, 0.15) is 0 Å². The van der Waals surface area contributed by atoms with Crippen LogP contribution in [0.3, 0.4) is 0 Å². The second kappa shape index (κ2) is 6.85. The number of aryl methyl sites for hydroxylation is 1. The van der Waals surface area contributed by atoms with E-state index in [2.05, 4.69) is 22.1 Å². The van der Waals surface area contributed by atoms with Crippen molar-refractivity contribution < 1.29 is 4.79 Å². The zero-order valence-electron chi connectivity index (χ0n) is 11.1. The summed E-state index contributed by atoms with van der Waals surface area (Å²) in [4.78, 5) is 16.8. The van der Waals surface area contributed by atoms with E-state index >= 15 is 0 Å². The van der Waals surface area contributed by atoms with Crippen molar-refractivity contribution in [2.75, 3.05) is 11.9 Å². The van der Waals surface area contributed by atoms with Gasteiger partial charge in [-0.1, -0.05) is 53.0 Å². The van der Waals surface area contributed by atoms with E-state index < -0.39 is 0 Å². The maximum absolute atomic E-state index is 11.9. The molecule has 1 aromatic heterocycles. The van der Waals surface area contributed by atoms with Crippen molar-refractivity contribution in [1.29, 1.82) is 0 Å². The summed E-state index contributed by atoms with van der Waals surface area (Å²) in [5, 5.41) is 3.33. The number of nitrogens with zero attached hydrogens (tertiary/aromatic N) is 1. The molecule has 1 amide bonds. The Morgan fingerprint density at radius 2 is 2.15 bits per heavy atom. The molecule has 1 heterocycles. The summed E-state index contributed by atoms with van der Waals surface area (Å²) in [6.07, 6.45) is 1.97. The lowest BCUT2D eigenvalue weighted by Crippen LogP contribution is -2.14. The Balaban J connectivity index is 1.94. The second-order valence-corrected chi connectivity index (χ2v) is 5.28. The summed E-state index contributed by atoms with van der Waals surface area (Å²) < 4.78 is 0. The van der Waals surface area contributed by atoms with Crippen LogP contribution < -0.4 is 11.1 Å². The highest BCUT2D eigenvalue weighted by molar-refractivity contribution is 7.16. The standard InChI is InChI=1S/C15H15N3OS/c1-11-4-6-12(7-5-11)9-14(19)18-15-17-10-13(20-15)3-2-8-16/h4-7,10H,8-9,16H2,1H3,(H,17,18,19). The number of rotatable bonds is 3. The molecule has 102 valence electrons. The number of nitrogens with one attached hydrogen (secondary N) is 1. The molecule has 0 spiro atoms. The van der Waals surface area contributed by atoms with Crippen molar-refractivity contribution in [3.8, 4) is 11.8 Å². The van der Waals surface area contributed by atoms with Crippen LogP contribution in [0.5, 0.6) is 0 Å². The fourth-order valence-corrected chi connectivity index (χ4v) is 2.29. The Morgan fingerprint density at radius 1 is 1.40 bits per heavy atom. The molecule has 2 aromatic rings. The molecule has 5 heteroatoms. The zero-order valence-corrected chi connectivity index (χ0v) is 12.0. The number of benzene rings is 1. The number of carbonyl (C=O) groups is 1. The van der Waals surface area contributed by atoms with E-state index in [1.165, 1.54) is 16.9 Å². The van der Waals surface area contributed by atoms with E-state index in [-0.39, 0.29) is 5.91 Å². The summed E-state index contributed by atoms with van der Waals surface area (Å²) in [7, 11) is 0. The molecule has 0 atom stereocenters. The summed E-state index contributed by atoms with van der Waals surface area (Å²) in [5.74, 6) is 5.55. The van der Waals surface area contributed by atoms with Crippen LogP contribution in [0.15, 0.2) is 30.5 Å². The highest BCUT2D eigenvalue weighted by atomic mass is 32.1. The minimum atomic E-state index is -0.0819. The van der Waals surface area contributed by atoms with Gasteiger partial charge in [0.15, 0.2) is 5.13 Å². The van der Waals surface area contributed by atoms with E-state index in [0.29, 0.717) is 18.1 Å². The Bertz CT molecular complexity index is 650. The van der Waals surface area contributed by atoms with Crippen LogP contribution in [0.25, 0.3) is 0 Å². The Hall–Kier alpha value is -2.16. The largest absolute Gasteiger partial charge is 0.320 e. The first-order valence-corrected chi connectivity index (χ1v) is 6.99. The van der Waals surface area contributed by atoms with Crippen molar-refractivity contribution in [2.45, 2.75) is 13.3 Å². The zero-order chi connectivity index (χ0) is 14.4. The summed E-state index contributed by atoms with van der Waals surface area (Å²) in [6, 6.07) is 7.89. The molecule has 0 aliphatic heterocycles. The van der Waals surface area contributed by atoms with Crippen LogP contribution in [-0.4, -0.2) is 17.4 Å². The smallest absolute Gasteiger partial charge is 0.230 e. The van der Waals surface area contributed by atoms with Gasteiger partial charge in [-0.25, -0.2) is 4.98 Å². The highest BCUT2D eigenvalue weighted by Gasteiger charge is 2.06. The third-order valence-corrected chi connectivity index (χ3v) is 3.38. The van der Waals surface area contributed by atoms with Crippen LogP contribution in [0.2, 0.25) is 0 Å². The van der Waals surface area contributed by atoms with Crippen LogP contribution in [0.1, 0.15) is 16.0 Å². The fourth-order valence-electron chi connectivity index (χ4n) is 1.58. The molecule has 0 aliphatic carbocycles. The number of carbonyl (C=O) groups excluding carboxylic acids is 1. The van der Waals surface area contributed by atoms with Gasteiger partial charge in [-0.15, -0.1) is 0 Å². The van der Waals surface area contributed by atoms with Crippen LogP contribution >= 0.6 is 11.3 Å². The minimum Gasteiger partial charge on any atom is -0.320 e. The van der Waals surface area contributed by atoms with Gasteiger partial charge in [-0.2, -0.15) is 0 Å². The number of hydrogen-bond acceptors (Lipinski definition) is 4. The third kappa shape index (κ3) is 4.19. The highest BCUT2D eigenvalue weighted by Crippen LogP contribution is 2.17. The molecule has 0 fully saturated rings. The van der Waals surface area contributed by atoms with E-state index in [0.717, 1.165) is 10.4 Å². The van der Waals surface area contributed by atoms with Gasteiger partial charge in [0.25, 0.3) is 0 Å². The fraction of sp³-hybridized carbons (Fsp3) is 0.200. The molecule has 20 heavy (non-hydrogen) atoms. The molecule has 0 saturated carbocycles. The molecule has 0 aliphatic rings. The van der Waals surface area contributed by atoms with Gasteiger partial charge in [-0.3, -0.25) is 4.79 Å². The van der Waals surface area contributed by atoms with Gasteiger partial charge >= 0.3 is 0 Å². The maximum atomic E-state index is 11.9. The predicted octanol–water partition coefficient (Wildman–Crippen LogP) is 1.94. The van der Waals surface area contributed by atoms with E-state index in [1.54, 1.807) is 6.20 Å². The van der Waals surface area contributed by atoms with Gasteiger partial charge in [0, 0.05) is 0 Å². The summed E-state index contributed by atoms with van der Waals surface area (Å²) in [6.45, 7) is 2.33. The molecular formula is C15H15N3OS. The first-order chi connectivity index (χ1) is 9.67. The van der Waals surface area contributed by atoms with Crippen LogP contribution in [-0.2, 0) is 11.2 Å². The third-order valence-electron chi connectivity index (χ3n) is 2.55. The number of thiazole rings is 1. The average molecular weight is 285 g/mol.